The molecule has 3 aromatic heterocycles. The predicted octanol–water partition coefficient (Wildman–Crippen LogP) is 3.32. The SMILES string of the molecule is C[C@@H]1COCCN1c1cc(-c2ccc(S(C)(=O)=O)cc2)nc(-c2ccnc3[nH]ccc23)n1. The molecule has 1 fully saturated rings. The summed E-state index contributed by atoms with van der Waals surface area (Å²) in [5.74, 6) is 1.41. The second-order valence-electron chi connectivity index (χ2n) is 7.95. The van der Waals surface area contributed by atoms with Crippen molar-refractivity contribution in [3.05, 3.63) is 54.9 Å². The molecule has 9 heteroatoms. The molecule has 0 amide bonds. The Bertz CT molecular complexity index is 1380. The van der Waals surface area contributed by atoms with Gasteiger partial charge >= 0.3 is 0 Å². The van der Waals surface area contributed by atoms with Crippen molar-refractivity contribution in [2.45, 2.75) is 17.9 Å². The third kappa shape index (κ3) is 3.85. The minimum Gasteiger partial charge on any atom is -0.377 e. The molecular formula is C23H23N5O3S. The molecule has 4 heterocycles. The standard InChI is InChI=1S/C23H23N5O3S/c1-15-14-31-12-11-28(15)21-13-20(16-3-5-17(6-4-16)32(2,29)30)26-23(27-21)19-8-10-25-22-18(19)7-9-24-22/h3-10,13,15H,11-12,14H2,1-2H3,(H,24,25)/t15-/m1/s1. The molecule has 0 aliphatic carbocycles. The summed E-state index contributed by atoms with van der Waals surface area (Å²) in [7, 11) is -3.27. The zero-order valence-corrected chi connectivity index (χ0v) is 18.6. The van der Waals surface area contributed by atoms with Gasteiger partial charge in [-0.05, 0) is 31.2 Å². The Balaban J connectivity index is 1.67. The van der Waals surface area contributed by atoms with Crippen LogP contribution in [0.4, 0.5) is 5.82 Å². The van der Waals surface area contributed by atoms with Crippen LogP contribution in [0.5, 0.6) is 0 Å². The third-order valence-corrected chi connectivity index (χ3v) is 6.78. The van der Waals surface area contributed by atoms with Gasteiger partial charge in [-0.25, -0.2) is 23.4 Å². The van der Waals surface area contributed by atoms with E-state index >= 15 is 0 Å². The number of morpholine rings is 1. The number of hydrogen-bond acceptors (Lipinski definition) is 7. The van der Waals surface area contributed by atoms with Crippen LogP contribution >= 0.6 is 0 Å². The number of nitrogens with zero attached hydrogens (tertiary/aromatic N) is 4. The van der Waals surface area contributed by atoms with Crippen molar-refractivity contribution >= 4 is 26.7 Å². The van der Waals surface area contributed by atoms with E-state index in [2.05, 4.69) is 21.8 Å². The van der Waals surface area contributed by atoms with Gasteiger partial charge in [0.15, 0.2) is 15.7 Å². The molecule has 1 aliphatic rings. The first kappa shape index (κ1) is 20.6. The molecule has 0 unspecified atom stereocenters. The minimum atomic E-state index is -3.27. The number of sulfone groups is 1. The number of nitrogens with one attached hydrogen (secondary N) is 1. The van der Waals surface area contributed by atoms with Crippen LogP contribution in [-0.2, 0) is 14.6 Å². The van der Waals surface area contributed by atoms with Gasteiger partial charge in [0.1, 0.15) is 11.5 Å². The Kier molecular flexibility index (Phi) is 5.15. The number of fused-ring (bicyclic) bond motifs is 1. The third-order valence-electron chi connectivity index (χ3n) is 5.65. The lowest BCUT2D eigenvalue weighted by Crippen LogP contribution is -2.44. The van der Waals surface area contributed by atoms with E-state index in [0.29, 0.717) is 19.0 Å². The van der Waals surface area contributed by atoms with E-state index < -0.39 is 9.84 Å². The van der Waals surface area contributed by atoms with Gasteiger partial charge in [0, 0.05) is 47.8 Å². The Morgan fingerprint density at radius 2 is 1.94 bits per heavy atom. The lowest BCUT2D eigenvalue weighted by molar-refractivity contribution is 0.0985. The van der Waals surface area contributed by atoms with Gasteiger partial charge in [-0.2, -0.15) is 0 Å². The van der Waals surface area contributed by atoms with E-state index in [1.807, 2.05) is 24.4 Å². The highest BCUT2D eigenvalue weighted by atomic mass is 32.2. The summed E-state index contributed by atoms with van der Waals surface area (Å²) in [6, 6.07) is 12.8. The van der Waals surface area contributed by atoms with Crippen LogP contribution in [0.1, 0.15) is 6.92 Å². The van der Waals surface area contributed by atoms with Crippen LogP contribution in [0.3, 0.4) is 0 Å². The van der Waals surface area contributed by atoms with Crippen LogP contribution < -0.4 is 4.90 Å². The second-order valence-corrected chi connectivity index (χ2v) is 9.96. The van der Waals surface area contributed by atoms with Crippen LogP contribution in [0.15, 0.2) is 59.8 Å². The summed E-state index contributed by atoms with van der Waals surface area (Å²) in [6.45, 7) is 4.12. The molecule has 5 rings (SSSR count). The molecule has 0 spiro atoms. The topological polar surface area (TPSA) is 101 Å². The summed E-state index contributed by atoms with van der Waals surface area (Å²) in [6.07, 6.45) is 4.79. The molecule has 4 aromatic rings. The molecule has 32 heavy (non-hydrogen) atoms. The van der Waals surface area contributed by atoms with Gasteiger partial charge in [-0.15, -0.1) is 0 Å². The van der Waals surface area contributed by atoms with Crippen molar-refractivity contribution in [3.63, 3.8) is 0 Å². The van der Waals surface area contributed by atoms with E-state index in [1.54, 1.807) is 30.5 Å². The molecule has 1 saturated heterocycles. The minimum absolute atomic E-state index is 0.177. The van der Waals surface area contributed by atoms with Gasteiger partial charge in [-0.3, -0.25) is 0 Å². The molecule has 0 bridgehead atoms. The summed E-state index contributed by atoms with van der Waals surface area (Å²) < 4.78 is 29.3. The second kappa shape index (κ2) is 7.99. The molecule has 1 N–H and O–H groups in total. The number of H-pyrrole nitrogens is 1. The lowest BCUT2D eigenvalue weighted by Gasteiger charge is -2.34. The zero-order valence-electron chi connectivity index (χ0n) is 17.8. The number of aromatic amines is 1. The fourth-order valence-corrected chi connectivity index (χ4v) is 4.58. The Labute approximate surface area is 186 Å². The van der Waals surface area contributed by atoms with Crippen molar-refractivity contribution in [2.24, 2.45) is 0 Å². The largest absolute Gasteiger partial charge is 0.377 e. The number of ether oxygens (including phenoxy) is 1. The van der Waals surface area contributed by atoms with Gasteiger partial charge in [0.05, 0.1) is 29.8 Å². The first-order valence-corrected chi connectivity index (χ1v) is 12.3. The number of pyridine rings is 1. The van der Waals surface area contributed by atoms with Crippen molar-refractivity contribution in [3.8, 4) is 22.6 Å². The number of anilines is 1. The van der Waals surface area contributed by atoms with Gasteiger partial charge < -0.3 is 14.6 Å². The highest BCUT2D eigenvalue weighted by molar-refractivity contribution is 7.90. The molecule has 1 atom stereocenters. The number of rotatable bonds is 4. The van der Waals surface area contributed by atoms with Crippen LogP contribution in [-0.4, -0.2) is 60.4 Å². The summed E-state index contributed by atoms with van der Waals surface area (Å²) >= 11 is 0. The molecule has 0 saturated carbocycles. The van der Waals surface area contributed by atoms with Crippen LogP contribution in [0, 0.1) is 0 Å². The maximum Gasteiger partial charge on any atom is 0.175 e. The molecule has 0 radical (unpaired) electrons. The Hall–Kier alpha value is -3.30. The molecule has 1 aliphatic heterocycles. The highest BCUT2D eigenvalue weighted by Gasteiger charge is 2.23. The Morgan fingerprint density at radius 1 is 1.12 bits per heavy atom. The van der Waals surface area contributed by atoms with E-state index in [9.17, 15) is 8.42 Å². The van der Waals surface area contributed by atoms with E-state index in [-0.39, 0.29) is 10.9 Å². The molecule has 1 aromatic carbocycles. The van der Waals surface area contributed by atoms with Crippen LogP contribution in [0.25, 0.3) is 33.7 Å². The number of hydrogen-bond donors (Lipinski definition) is 1. The van der Waals surface area contributed by atoms with Gasteiger partial charge in [0.25, 0.3) is 0 Å². The smallest absolute Gasteiger partial charge is 0.175 e. The quantitative estimate of drug-likeness (QED) is 0.510. The number of aromatic nitrogens is 4. The average Bonchev–Trinajstić information content (AvgIpc) is 3.28. The van der Waals surface area contributed by atoms with Crippen molar-refractivity contribution < 1.29 is 13.2 Å². The van der Waals surface area contributed by atoms with Crippen molar-refractivity contribution in [1.82, 2.24) is 19.9 Å². The maximum absolute atomic E-state index is 11.9. The van der Waals surface area contributed by atoms with Crippen molar-refractivity contribution in [1.29, 1.82) is 0 Å². The first-order chi connectivity index (χ1) is 15.4. The normalized spacial score (nSPS) is 17.1. The highest BCUT2D eigenvalue weighted by Crippen LogP contribution is 2.31. The van der Waals surface area contributed by atoms with Crippen molar-refractivity contribution in [2.75, 3.05) is 30.9 Å². The summed E-state index contributed by atoms with van der Waals surface area (Å²) in [5, 5.41) is 0.943. The monoisotopic (exact) mass is 449 g/mol. The maximum atomic E-state index is 11.9. The summed E-state index contributed by atoms with van der Waals surface area (Å²) in [5.41, 5.74) is 3.20. The fraction of sp³-hybridized carbons (Fsp3) is 0.261. The van der Waals surface area contributed by atoms with E-state index in [0.717, 1.165) is 40.2 Å². The zero-order chi connectivity index (χ0) is 22.3. The first-order valence-electron chi connectivity index (χ1n) is 10.4. The molecule has 164 valence electrons. The lowest BCUT2D eigenvalue weighted by atomic mass is 10.1. The van der Waals surface area contributed by atoms with Crippen LogP contribution in [0.2, 0.25) is 0 Å². The van der Waals surface area contributed by atoms with Gasteiger partial charge in [0.2, 0.25) is 0 Å². The Morgan fingerprint density at radius 3 is 2.69 bits per heavy atom. The molecular weight excluding hydrogens is 426 g/mol. The summed E-state index contributed by atoms with van der Waals surface area (Å²) in [4.78, 5) is 19.8. The van der Waals surface area contributed by atoms with E-state index in [4.69, 9.17) is 14.7 Å². The van der Waals surface area contributed by atoms with Gasteiger partial charge in [-0.1, -0.05) is 12.1 Å². The average molecular weight is 450 g/mol. The number of benzene rings is 1. The predicted molar refractivity (Wildman–Crippen MR) is 123 cm³/mol. The fourth-order valence-electron chi connectivity index (χ4n) is 3.95. The molecule has 8 nitrogen and oxygen atoms in total. The van der Waals surface area contributed by atoms with E-state index in [1.165, 1.54) is 6.26 Å².